The number of nitrogens with zero attached hydrogens (tertiary/aromatic N) is 1. The lowest BCUT2D eigenvalue weighted by atomic mass is 9.91. The van der Waals surface area contributed by atoms with Gasteiger partial charge in [0.05, 0.1) is 18.8 Å². The third-order valence-corrected chi connectivity index (χ3v) is 6.63. The van der Waals surface area contributed by atoms with Crippen LogP contribution in [0.15, 0.2) is 0 Å². The number of hydrogen-bond acceptors (Lipinski definition) is 4. The summed E-state index contributed by atoms with van der Waals surface area (Å²) in [6.45, 7) is 5.54. The zero-order chi connectivity index (χ0) is 16.4. The van der Waals surface area contributed by atoms with Crippen molar-refractivity contribution in [3.8, 4) is 0 Å². The Kier molecular flexibility index (Phi) is 5.11. The maximum Gasteiger partial charge on any atom is 0.226 e. The molecule has 1 amide bonds. The molecule has 3 heterocycles. The van der Waals surface area contributed by atoms with Gasteiger partial charge in [0, 0.05) is 25.6 Å². The summed E-state index contributed by atoms with van der Waals surface area (Å²) in [4.78, 5) is 14.9. The number of carbonyl (C=O) groups excluding carboxylic acids is 1. The largest absolute Gasteiger partial charge is 0.376 e. The number of ether oxygens (including phenoxy) is 2. The van der Waals surface area contributed by atoms with Crippen molar-refractivity contribution in [2.24, 2.45) is 11.3 Å². The summed E-state index contributed by atoms with van der Waals surface area (Å²) in [5.74, 6) is 0.735. The van der Waals surface area contributed by atoms with E-state index in [0.717, 1.165) is 65.1 Å². The van der Waals surface area contributed by atoms with Crippen molar-refractivity contribution in [2.45, 2.75) is 63.6 Å². The maximum atomic E-state index is 12.8. The van der Waals surface area contributed by atoms with E-state index >= 15 is 0 Å². The summed E-state index contributed by atoms with van der Waals surface area (Å²) < 4.78 is 11.8. The molecule has 5 nitrogen and oxygen atoms in total. The van der Waals surface area contributed by atoms with Crippen LogP contribution < -0.4 is 5.32 Å². The Morgan fingerprint density at radius 2 is 1.96 bits per heavy atom. The molecule has 4 fully saturated rings. The summed E-state index contributed by atoms with van der Waals surface area (Å²) in [5, 5.41) is 3.41. The second-order valence-electron chi connectivity index (χ2n) is 8.22. The van der Waals surface area contributed by atoms with Gasteiger partial charge in [-0.3, -0.25) is 4.79 Å². The summed E-state index contributed by atoms with van der Waals surface area (Å²) in [6, 6.07) is 0. The standard InChI is InChI=1S/C19H32N2O3/c22-18(17-13-19(17)6-8-20-9-7-19)21-10-4-15(5-11-21)24-14-16-3-1-2-12-23-16/h15-17,20H,1-14H2. The SMILES string of the molecule is O=C(C1CC12CCNCC2)N1CCC(OCC2CCCCO2)CC1. The molecule has 1 N–H and O–H groups in total. The fraction of sp³-hybridized carbons (Fsp3) is 0.947. The van der Waals surface area contributed by atoms with Gasteiger partial charge in [-0.1, -0.05) is 0 Å². The third-order valence-electron chi connectivity index (χ3n) is 6.63. The highest BCUT2D eigenvalue weighted by Crippen LogP contribution is 2.59. The smallest absolute Gasteiger partial charge is 0.226 e. The van der Waals surface area contributed by atoms with E-state index in [1.54, 1.807) is 0 Å². The molecule has 3 saturated heterocycles. The van der Waals surface area contributed by atoms with Crippen molar-refractivity contribution >= 4 is 5.91 Å². The molecule has 136 valence electrons. The number of carbonyl (C=O) groups is 1. The molecule has 5 heteroatoms. The molecule has 0 radical (unpaired) electrons. The van der Waals surface area contributed by atoms with E-state index in [9.17, 15) is 4.79 Å². The molecule has 0 aromatic heterocycles. The number of rotatable bonds is 4. The summed E-state index contributed by atoms with van der Waals surface area (Å²) in [5.41, 5.74) is 0.355. The number of amides is 1. The van der Waals surface area contributed by atoms with Crippen LogP contribution in [-0.2, 0) is 14.3 Å². The monoisotopic (exact) mass is 336 g/mol. The molecule has 4 rings (SSSR count). The van der Waals surface area contributed by atoms with Crippen LogP contribution in [-0.4, -0.2) is 62.4 Å². The Balaban J connectivity index is 1.18. The Labute approximate surface area is 145 Å². The quantitative estimate of drug-likeness (QED) is 0.853. The lowest BCUT2D eigenvalue weighted by molar-refractivity contribution is -0.137. The van der Waals surface area contributed by atoms with E-state index in [1.165, 1.54) is 25.7 Å². The van der Waals surface area contributed by atoms with Gasteiger partial charge < -0.3 is 19.7 Å². The summed E-state index contributed by atoms with van der Waals surface area (Å²) in [7, 11) is 0. The van der Waals surface area contributed by atoms with E-state index in [0.29, 0.717) is 29.4 Å². The molecule has 0 bridgehead atoms. The van der Waals surface area contributed by atoms with Crippen LogP contribution in [0.1, 0.15) is 51.4 Å². The van der Waals surface area contributed by atoms with Crippen LogP contribution in [0, 0.1) is 11.3 Å². The van der Waals surface area contributed by atoms with Gasteiger partial charge in [0.2, 0.25) is 5.91 Å². The van der Waals surface area contributed by atoms with E-state index in [2.05, 4.69) is 10.2 Å². The zero-order valence-electron chi connectivity index (χ0n) is 14.8. The fourth-order valence-electron chi connectivity index (χ4n) is 4.82. The molecule has 3 aliphatic heterocycles. The van der Waals surface area contributed by atoms with Crippen LogP contribution in [0.3, 0.4) is 0 Å². The zero-order valence-corrected chi connectivity index (χ0v) is 14.8. The number of likely N-dealkylation sites (tertiary alicyclic amines) is 1. The molecule has 0 aromatic rings. The average Bonchev–Trinajstić information content (AvgIpc) is 3.34. The van der Waals surface area contributed by atoms with Crippen LogP contribution in [0.4, 0.5) is 0 Å². The van der Waals surface area contributed by atoms with Crippen LogP contribution in [0.2, 0.25) is 0 Å². The first kappa shape index (κ1) is 16.8. The lowest BCUT2D eigenvalue weighted by Crippen LogP contribution is -2.43. The van der Waals surface area contributed by atoms with E-state index < -0.39 is 0 Å². The van der Waals surface area contributed by atoms with Gasteiger partial charge in [0.1, 0.15) is 0 Å². The Bertz CT molecular complexity index is 436. The first-order chi connectivity index (χ1) is 11.8. The van der Waals surface area contributed by atoms with E-state index in [1.807, 2.05) is 0 Å². The second kappa shape index (κ2) is 7.30. The fourth-order valence-corrected chi connectivity index (χ4v) is 4.82. The first-order valence-corrected chi connectivity index (χ1v) is 10.00. The van der Waals surface area contributed by atoms with Gasteiger partial charge in [-0.25, -0.2) is 0 Å². The maximum absolute atomic E-state index is 12.8. The lowest BCUT2D eigenvalue weighted by Gasteiger charge is -2.34. The highest BCUT2D eigenvalue weighted by Gasteiger charge is 2.58. The molecule has 1 saturated carbocycles. The van der Waals surface area contributed by atoms with E-state index in [-0.39, 0.29) is 0 Å². The van der Waals surface area contributed by atoms with Crippen molar-refractivity contribution in [3.05, 3.63) is 0 Å². The van der Waals surface area contributed by atoms with Crippen molar-refractivity contribution in [2.75, 3.05) is 39.4 Å². The van der Waals surface area contributed by atoms with Crippen LogP contribution in [0.5, 0.6) is 0 Å². The van der Waals surface area contributed by atoms with Gasteiger partial charge in [0.15, 0.2) is 0 Å². The predicted molar refractivity (Wildman–Crippen MR) is 91.8 cm³/mol. The topological polar surface area (TPSA) is 50.8 Å². The number of piperidine rings is 2. The third kappa shape index (κ3) is 3.63. The highest BCUT2D eigenvalue weighted by atomic mass is 16.5. The minimum Gasteiger partial charge on any atom is -0.376 e. The minimum absolute atomic E-state index is 0.296. The molecule has 1 aliphatic carbocycles. The van der Waals surface area contributed by atoms with Crippen molar-refractivity contribution in [1.29, 1.82) is 0 Å². The predicted octanol–water partition coefficient (Wildman–Crippen LogP) is 1.95. The van der Waals surface area contributed by atoms with Crippen molar-refractivity contribution in [3.63, 3.8) is 0 Å². The highest BCUT2D eigenvalue weighted by molar-refractivity contribution is 5.82. The minimum atomic E-state index is 0.296. The van der Waals surface area contributed by atoms with Crippen molar-refractivity contribution in [1.82, 2.24) is 10.2 Å². The summed E-state index contributed by atoms with van der Waals surface area (Å²) in [6.07, 6.45) is 9.67. The second-order valence-corrected chi connectivity index (χ2v) is 8.22. The van der Waals surface area contributed by atoms with Gasteiger partial charge in [-0.05, 0) is 69.9 Å². The molecule has 1 spiro atoms. The Hall–Kier alpha value is -0.650. The molecule has 2 atom stereocenters. The summed E-state index contributed by atoms with van der Waals surface area (Å²) >= 11 is 0. The number of nitrogens with one attached hydrogen (secondary N) is 1. The van der Waals surface area contributed by atoms with Gasteiger partial charge in [0.25, 0.3) is 0 Å². The molecular weight excluding hydrogens is 304 g/mol. The molecule has 24 heavy (non-hydrogen) atoms. The van der Waals surface area contributed by atoms with Crippen LogP contribution >= 0.6 is 0 Å². The molecular formula is C19H32N2O3. The van der Waals surface area contributed by atoms with Gasteiger partial charge in [-0.2, -0.15) is 0 Å². The van der Waals surface area contributed by atoms with Gasteiger partial charge in [-0.15, -0.1) is 0 Å². The number of hydrogen-bond donors (Lipinski definition) is 1. The molecule has 2 unspecified atom stereocenters. The Morgan fingerprint density at radius 3 is 2.67 bits per heavy atom. The molecule has 4 aliphatic rings. The first-order valence-electron chi connectivity index (χ1n) is 10.00. The average molecular weight is 336 g/mol. The van der Waals surface area contributed by atoms with Gasteiger partial charge >= 0.3 is 0 Å². The van der Waals surface area contributed by atoms with Crippen molar-refractivity contribution < 1.29 is 14.3 Å². The Morgan fingerprint density at radius 1 is 1.17 bits per heavy atom. The normalized spacial score (nSPS) is 33.6. The van der Waals surface area contributed by atoms with Crippen LogP contribution in [0.25, 0.3) is 0 Å². The van der Waals surface area contributed by atoms with E-state index in [4.69, 9.17) is 9.47 Å². The molecule has 0 aromatic carbocycles.